The molecule has 0 saturated carbocycles. The fourth-order valence-corrected chi connectivity index (χ4v) is 2.03. The molecule has 1 aliphatic rings. The number of esters is 1. The predicted molar refractivity (Wildman–Crippen MR) is 72.4 cm³/mol. The van der Waals surface area contributed by atoms with E-state index in [2.05, 4.69) is 10.9 Å². The minimum atomic E-state index is -0.538. The molecule has 20 heavy (non-hydrogen) atoms. The first-order valence-corrected chi connectivity index (χ1v) is 6.71. The minimum absolute atomic E-state index is 0.0597. The fraction of sp³-hybridized carbons (Fsp3) is 0.769. The molecule has 0 aromatic rings. The van der Waals surface area contributed by atoms with Crippen LogP contribution in [-0.2, 0) is 19.1 Å². The number of likely N-dealkylation sites (tertiary alicyclic amines) is 1. The zero-order chi connectivity index (χ0) is 15.3. The van der Waals surface area contributed by atoms with Gasteiger partial charge in [0.2, 0.25) is 5.91 Å². The van der Waals surface area contributed by atoms with Gasteiger partial charge in [0.15, 0.2) is 0 Å². The summed E-state index contributed by atoms with van der Waals surface area (Å²) < 4.78 is 5.35. The standard InChI is InChI=1S/C13H23N3O4/c1-9(17)14-15-11(18)8-16-7-5-6-10(16)12(19)20-13(2,3)4/h10H,5-8H2,1-4H3,(H,14,17)(H,15,18)/t10-/m0/s1. The molecule has 1 aliphatic heterocycles. The van der Waals surface area contributed by atoms with Gasteiger partial charge in [0.25, 0.3) is 5.91 Å². The Labute approximate surface area is 119 Å². The topological polar surface area (TPSA) is 87.7 Å². The Morgan fingerprint density at radius 1 is 1.25 bits per heavy atom. The van der Waals surface area contributed by atoms with Crippen LogP contribution < -0.4 is 10.9 Å². The molecule has 1 fully saturated rings. The molecular formula is C13H23N3O4. The minimum Gasteiger partial charge on any atom is -0.459 e. The molecule has 0 spiro atoms. The van der Waals surface area contributed by atoms with Crippen molar-refractivity contribution in [3.63, 3.8) is 0 Å². The second kappa shape index (κ2) is 6.69. The van der Waals surface area contributed by atoms with Gasteiger partial charge in [-0.1, -0.05) is 0 Å². The maximum absolute atomic E-state index is 12.1. The highest BCUT2D eigenvalue weighted by atomic mass is 16.6. The number of rotatable bonds is 3. The van der Waals surface area contributed by atoms with Crippen LogP contribution in [-0.4, -0.2) is 47.4 Å². The van der Waals surface area contributed by atoms with E-state index in [1.54, 1.807) is 4.90 Å². The molecule has 0 bridgehead atoms. The summed E-state index contributed by atoms with van der Waals surface area (Å²) in [6.07, 6.45) is 1.53. The first-order valence-electron chi connectivity index (χ1n) is 6.71. The number of hydrogen-bond donors (Lipinski definition) is 2. The monoisotopic (exact) mass is 285 g/mol. The van der Waals surface area contributed by atoms with Gasteiger partial charge in [-0.25, -0.2) is 0 Å². The number of carbonyl (C=O) groups is 3. The normalized spacial score (nSPS) is 19.5. The number of hydrazine groups is 1. The van der Waals surface area contributed by atoms with E-state index < -0.39 is 11.6 Å². The van der Waals surface area contributed by atoms with Crippen molar-refractivity contribution in [1.82, 2.24) is 15.8 Å². The van der Waals surface area contributed by atoms with Crippen LogP contribution in [0.4, 0.5) is 0 Å². The number of nitrogens with zero attached hydrogens (tertiary/aromatic N) is 1. The molecule has 1 saturated heterocycles. The molecule has 0 aromatic heterocycles. The third kappa shape index (κ3) is 5.56. The molecule has 114 valence electrons. The van der Waals surface area contributed by atoms with E-state index in [1.165, 1.54) is 6.92 Å². The van der Waals surface area contributed by atoms with Gasteiger partial charge in [0.05, 0.1) is 6.54 Å². The van der Waals surface area contributed by atoms with Crippen molar-refractivity contribution in [2.24, 2.45) is 0 Å². The average Bonchev–Trinajstić information content (AvgIpc) is 2.72. The molecule has 1 heterocycles. The molecular weight excluding hydrogens is 262 g/mol. The maximum Gasteiger partial charge on any atom is 0.323 e. The Morgan fingerprint density at radius 2 is 1.90 bits per heavy atom. The molecule has 0 radical (unpaired) electrons. The molecule has 7 nitrogen and oxygen atoms in total. The van der Waals surface area contributed by atoms with Crippen LogP contribution in [0.1, 0.15) is 40.5 Å². The summed E-state index contributed by atoms with van der Waals surface area (Å²) in [7, 11) is 0. The smallest absolute Gasteiger partial charge is 0.323 e. The van der Waals surface area contributed by atoms with Crippen molar-refractivity contribution in [2.75, 3.05) is 13.1 Å². The van der Waals surface area contributed by atoms with Gasteiger partial charge in [-0.3, -0.25) is 30.1 Å². The van der Waals surface area contributed by atoms with Crippen molar-refractivity contribution in [3.05, 3.63) is 0 Å². The van der Waals surface area contributed by atoms with Crippen LogP contribution >= 0.6 is 0 Å². The second-order valence-corrected chi connectivity index (χ2v) is 5.89. The summed E-state index contributed by atoms with van der Waals surface area (Å²) in [5.74, 6) is -0.999. The third-order valence-corrected chi connectivity index (χ3v) is 2.77. The Kier molecular flexibility index (Phi) is 5.50. The van der Waals surface area contributed by atoms with Crippen molar-refractivity contribution in [3.8, 4) is 0 Å². The van der Waals surface area contributed by atoms with E-state index in [4.69, 9.17) is 4.74 Å². The Bertz CT molecular complexity index is 390. The first-order chi connectivity index (χ1) is 9.19. The molecule has 0 aromatic carbocycles. The highest BCUT2D eigenvalue weighted by Gasteiger charge is 2.34. The van der Waals surface area contributed by atoms with Crippen LogP contribution in [0.2, 0.25) is 0 Å². The maximum atomic E-state index is 12.1. The largest absolute Gasteiger partial charge is 0.459 e. The van der Waals surface area contributed by atoms with Crippen molar-refractivity contribution in [2.45, 2.75) is 52.2 Å². The molecule has 0 aliphatic carbocycles. The summed E-state index contributed by atoms with van der Waals surface area (Å²) >= 11 is 0. The van der Waals surface area contributed by atoms with Gasteiger partial charge in [0.1, 0.15) is 11.6 Å². The van der Waals surface area contributed by atoms with E-state index in [0.717, 1.165) is 6.42 Å². The lowest BCUT2D eigenvalue weighted by molar-refractivity contribution is -0.160. The molecule has 7 heteroatoms. The second-order valence-electron chi connectivity index (χ2n) is 5.89. The molecule has 1 atom stereocenters. The number of carbonyl (C=O) groups excluding carboxylic acids is 3. The van der Waals surface area contributed by atoms with Gasteiger partial charge in [0, 0.05) is 6.92 Å². The number of ether oxygens (including phenoxy) is 1. The lowest BCUT2D eigenvalue weighted by Crippen LogP contribution is -2.48. The highest BCUT2D eigenvalue weighted by Crippen LogP contribution is 2.20. The van der Waals surface area contributed by atoms with E-state index in [9.17, 15) is 14.4 Å². The summed E-state index contributed by atoms with van der Waals surface area (Å²) in [5, 5.41) is 0. The predicted octanol–water partition coefficient (Wildman–Crippen LogP) is -0.0402. The Balaban J connectivity index is 2.50. The zero-order valence-corrected chi connectivity index (χ0v) is 12.5. The summed E-state index contributed by atoms with van der Waals surface area (Å²) in [5.41, 5.74) is 3.97. The van der Waals surface area contributed by atoms with Crippen molar-refractivity contribution in [1.29, 1.82) is 0 Å². The van der Waals surface area contributed by atoms with Crippen LogP contribution in [0.3, 0.4) is 0 Å². The fourth-order valence-electron chi connectivity index (χ4n) is 2.03. The SMILES string of the molecule is CC(=O)NNC(=O)CN1CCC[C@H]1C(=O)OC(C)(C)C. The van der Waals surface area contributed by atoms with E-state index in [-0.39, 0.29) is 24.3 Å². The average molecular weight is 285 g/mol. The number of amides is 2. The zero-order valence-electron chi connectivity index (χ0n) is 12.5. The van der Waals surface area contributed by atoms with Gasteiger partial charge in [-0.15, -0.1) is 0 Å². The summed E-state index contributed by atoms with van der Waals surface area (Å²) in [6.45, 7) is 7.47. The summed E-state index contributed by atoms with van der Waals surface area (Å²) in [6, 6.07) is -0.391. The van der Waals surface area contributed by atoms with E-state index in [0.29, 0.717) is 13.0 Å². The Morgan fingerprint density at radius 3 is 2.45 bits per heavy atom. The lowest BCUT2D eigenvalue weighted by Gasteiger charge is -2.26. The van der Waals surface area contributed by atoms with Crippen LogP contribution in [0.5, 0.6) is 0 Å². The first kappa shape index (κ1) is 16.4. The number of nitrogens with one attached hydrogen (secondary N) is 2. The van der Waals surface area contributed by atoms with Gasteiger partial charge in [-0.2, -0.15) is 0 Å². The van der Waals surface area contributed by atoms with Crippen LogP contribution in [0.15, 0.2) is 0 Å². The van der Waals surface area contributed by atoms with E-state index >= 15 is 0 Å². The molecule has 1 rings (SSSR count). The molecule has 2 N–H and O–H groups in total. The van der Waals surface area contributed by atoms with Gasteiger partial charge < -0.3 is 4.74 Å². The van der Waals surface area contributed by atoms with Crippen LogP contribution in [0, 0.1) is 0 Å². The summed E-state index contributed by atoms with van der Waals surface area (Å²) in [4.78, 5) is 36.2. The van der Waals surface area contributed by atoms with Gasteiger partial charge >= 0.3 is 5.97 Å². The molecule has 2 amide bonds. The third-order valence-electron chi connectivity index (χ3n) is 2.77. The quantitative estimate of drug-likeness (QED) is 0.561. The van der Waals surface area contributed by atoms with Gasteiger partial charge in [-0.05, 0) is 40.2 Å². The lowest BCUT2D eigenvalue weighted by atomic mass is 10.1. The highest BCUT2D eigenvalue weighted by molar-refractivity contribution is 5.83. The van der Waals surface area contributed by atoms with Crippen molar-refractivity contribution >= 4 is 17.8 Å². The molecule has 0 unspecified atom stereocenters. The van der Waals surface area contributed by atoms with Crippen LogP contribution in [0.25, 0.3) is 0 Å². The van der Waals surface area contributed by atoms with Crippen molar-refractivity contribution < 1.29 is 19.1 Å². The van der Waals surface area contributed by atoms with E-state index in [1.807, 2.05) is 20.8 Å². The number of hydrogen-bond acceptors (Lipinski definition) is 5. The Hall–Kier alpha value is -1.63.